The smallest absolute Gasteiger partial charge is 0.246 e. The molecule has 0 aliphatic carbocycles. The Morgan fingerprint density at radius 3 is 2.55 bits per heavy atom. The Balaban J connectivity index is 1.99. The molecular weight excluding hydrogens is 281 g/mol. The molecule has 1 atom stereocenters. The van der Waals surface area contributed by atoms with Crippen LogP contribution in [0.15, 0.2) is 30.3 Å². The molecule has 2 rings (SSSR count). The number of likely N-dealkylation sites (N-methyl/N-ethyl adjacent to an activating group) is 1. The lowest BCUT2D eigenvalue weighted by molar-refractivity contribution is -0.126. The van der Waals surface area contributed by atoms with E-state index in [-0.39, 0.29) is 29.3 Å². The quantitative estimate of drug-likeness (QED) is 0.794. The number of sulfone groups is 1. The predicted molar refractivity (Wildman–Crippen MR) is 75.3 cm³/mol. The Labute approximate surface area is 117 Å². The van der Waals surface area contributed by atoms with Crippen molar-refractivity contribution in [3.63, 3.8) is 0 Å². The van der Waals surface area contributed by atoms with Gasteiger partial charge in [0.15, 0.2) is 9.84 Å². The van der Waals surface area contributed by atoms with Gasteiger partial charge >= 0.3 is 0 Å². The van der Waals surface area contributed by atoms with Crippen LogP contribution in [0.3, 0.4) is 0 Å². The number of nitrogens with zero attached hydrogens (tertiary/aromatic N) is 1. The largest absolute Gasteiger partial charge is 0.338 e. The molecule has 0 spiro atoms. The molecule has 6 heteroatoms. The highest BCUT2D eigenvalue weighted by molar-refractivity contribution is 7.91. The van der Waals surface area contributed by atoms with E-state index >= 15 is 0 Å². The number of carbonyl (C=O) groups is 1. The molecule has 1 fully saturated rings. The molecular formula is C14H16FNO3S. The van der Waals surface area contributed by atoms with Crippen LogP contribution in [-0.4, -0.2) is 43.8 Å². The summed E-state index contributed by atoms with van der Waals surface area (Å²) >= 11 is 0. The summed E-state index contributed by atoms with van der Waals surface area (Å²) in [6.07, 6.45) is 3.44. The van der Waals surface area contributed by atoms with E-state index in [9.17, 15) is 17.6 Å². The third-order valence-electron chi connectivity index (χ3n) is 3.39. The molecule has 0 N–H and O–H groups in total. The molecule has 0 aromatic heterocycles. The van der Waals surface area contributed by atoms with E-state index in [0.717, 1.165) is 0 Å². The second-order valence-corrected chi connectivity index (χ2v) is 7.12. The maximum absolute atomic E-state index is 12.7. The summed E-state index contributed by atoms with van der Waals surface area (Å²) in [5, 5.41) is 0. The van der Waals surface area contributed by atoms with Gasteiger partial charge in [0.05, 0.1) is 11.5 Å². The minimum atomic E-state index is -3.01. The van der Waals surface area contributed by atoms with Crippen LogP contribution in [0.1, 0.15) is 12.0 Å². The fourth-order valence-electron chi connectivity index (χ4n) is 2.12. The zero-order chi connectivity index (χ0) is 14.8. The highest BCUT2D eigenvalue weighted by Crippen LogP contribution is 2.17. The van der Waals surface area contributed by atoms with Crippen molar-refractivity contribution in [2.75, 3.05) is 18.6 Å². The van der Waals surface area contributed by atoms with Gasteiger partial charge in [-0.15, -0.1) is 0 Å². The fraction of sp³-hybridized carbons (Fsp3) is 0.357. The topological polar surface area (TPSA) is 54.5 Å². The van der Waals surface area contributed by atoms with E-state index in [0.29, 0.717) is 12.0 Å². The Morgan fingerprint density at radius 2 is 2.00 bits per heavy atom. The van der Waals surface area contributed by atoms with Crippen molar-refractivity contribution in [1.82, 2.24) is 4.90 Å². The lowest BCUT2D eigenvalue weighted by Gasteiger charge is -2.21. The first kappa shape index (κ1) is 14.7. The number of amides is 1. The number of rotatable bonds is 3. The molecule has 1 unspecified atom stereocenters. The Bertz CT molecular complexity index is 622. The van der Waals surface area contributed by atoms with Crippen molar-refractivity contribution >= 4 is 21.8 Å². The number of hydrogen-bond donors (Lipinski definition) is 0. The Hall–Kier alpha value is -1.69. The zero-order valence-corrected chi connectivity index (χ0v) is 11.9. The van der Waals surface area contributed by atoms with Gasteiger partial charge in [-0.05, 0) is 30.2 Å². The van der Waals surface area contributed by atoms with Gasteiger partial charge in [-0.25, -0.2) is 12.8 Å². The normalized spacial score (nSPS) is 21.2. The Kier molecular flexibility index (Phi) is 4.23. The third-order valence-corrected chi connectivity index (χ3v) is 5.14. The van der Waals surface area contributed by atoms with Crippen molar-refractivity contribution < 1.29 is 17.6 Å². The number of halogens is 1. The lowest BCUT2D eigenvalue weighted by atomic mass is 10.2. The number of hydrogen-bond acceptors (Lipinski definition) is 3. The van der Waals surface area contributed by atoms with Crippen molar-refractivity contribution in [1.29, 1.82) is 0 Å². The third kappa shape index (κ3) is 3.66. The highest BCUT2D eigenvalue weighted by atomic mass is 32.2. The minimum absolute atomic E-state index is 0.0274. The standard InChI is InChI=1S/C14H16FNO3S/c1-16(13-8-9-20(18,19)10-13)14(17)7-4-11-2-5-12(15)6-3-11/h2-7,13H,8-10H2,1H3/b7-4+. The van der Waals surface area contributed by atoms with Gasteiger partial charge in [-0.1, -0.05) is 12.1 Å². The van der Waals surface area contributed by atoms with Crippen LogP contribution < -0.4 is 0 Å². The number of carbonyl (C=O) groups excluding carboxylic acids is 1. The molecule has 0 radical (unpaired) electrons. The van der Waals surface area contributed by atoms with Gasteiger partial charge in [0.1, 0.15) is 5.82 Å². The van der Waals surface area contributed by atoms with Crippen LogP contribution in [-0.2, 0) is 14.6 Å². The average molecular weight is 297 g/mol. The van der Waals surface area contributed by atoms with E-state index < -0.39 is 9.84 Å². The Morgan fingerprint density at radius 1 is 1.35 bits per heavy atom. The first-order valence-corrected chi connectivity index (χ1v) is 8.10. The maximum atomic E-state index is 12.7. The minimum Gasteiger partial charge on any atom is -0.338 e. The van der Waals surface area contributed by atoms with Crippen LogP contribution in [0, 0.1) is 5.82 Å². The van der Waals surface area contributed by atoms with E-state index in [2.05, 4.69) is 0 Å². The summed E-state index contributed by atoms with van der Waals surface area (Å²) in [4.78, 5) is 13.4. The van der Waals surface area contributed by atoms with Gasteiger partial charge in [0, 0.05) is 19.2 Å². The lowest BCUT2D eigenvalue weighted by Crippen LogP contribution is -2.36. The van der Waals surface area contributed by atoms with E-state index in [1.807, 2.05) is 0 Å². The van der Waals surface area contributed by atoms with E-state index in [4.69, 9.17) is 0 Å². The van der Waals surface area contributed by atoms with E-state index in [1.165, 1.54) is 23.1 Å². The van der Waals surface area contributed by atoms with Crippen LogP contribution in [0.5, 0.6) is 0 Å². The SMILES string of the molecule is CN(C(=O)/C=C/c1ccc(F)cc1)C1CCS(=O)(=O)C1. The predicted octanol–water partition coefficient (Wildman–Crippen LogP) is 1.48. The molecule has 1 amide bonds. The van der Waals surface area contributed by atoms with Crippen LogP contribution >= 0.6 is 0 Å². The molecule has 1 aliphatic heterocycles. The summed E-state index contributed by atoms with van der Waals surface area (Å²) in [5.74, 6) is -0.422. The molecule has 108 valence electrons. The fourth-order valence-corrected chi connectivity index (χ4v) is 3.89. The van der Waals surface area contributed by atoms with Gasteiger partial charge < -0.3 is 4.90 Å². The van der Waals surface area contributed by atoms with Crippen molar-refractivity contribution in [3.05, 3.63) is 41.7 Å². The highest BCUT2D eigenvalue weighted by Gasteiger charge is 2.31. The zero-order valence-electron chi connectivity index (χ0n) is 11.1. The average Bonchev–Trinajstić information content (AvgIpc) is 2.77. The molecule has 4 nitrogen and oxygen atoms in total. The molecule has 1 aromatic carbocycles. The van der Waals surface area contributed by atoms with E-state index in [1.54, 1.807) is 25.3 Å². The second-order valence-electron chi connectivity index (χ2n) is 4.89. The molecule has 20 heavy (non-hydrogen) atoms. The molecule has 1 aromatic rings. The molecule has 1 aliphatic rings. The van der Waals surface area contributed by atoms with Gasteiger partial charge in [-0.3, -0.25) is 4.79 Å². The molecule has 1 heterocycles. The molecule has 0 bridgehead atoms. The maximum Gasteiger partial charge on any atom is 0.246 e. The van der Waals surface area contributed by atoms with Crippen LogP contribution in [0.25, 0.3) is 6.08 Å². The second kappa shape index (κ2) is 5.75. The van der Waals surface area contributed by atoms with Gasteiger partial charge in [0.2, 0.25) is 5.91 Å². The van der Waals surface area contributed by atoms with Crippen molar-refractivity contribution in [2.45, 2.75) is 12.5 Å². The molecule has 0 saturated carbocycles. The summed E-state index contributed by atoms with van der Waals surface area (Å²) in [6, 6.07) is 5.51. The summed E-state index contributed by atoms with van der Waals surface area (Å²) < 4.78 is 35.5. The monoisotopic (exact) mass is 297 g/mol. The summed E-state index contributed by atoms with van der Waals surface area (Å²) in [6.45, 7) is 0. The first-order valence-electron chi connectivity index (χ1n) is 6.28. The van der Waals surface area contributed by atoms with Gasteiger partial charge in [0.25, 0.3) is 0 Å². The van der Waals surface area contributed by atoms with Crippen LogP contribution in [0.2, 0.25) is 0 Å². The first-order chi connectivity index (χ1) is 9.37. The van der Waals surface area contributed by atoms with Crippen LogP contribution in [0.4, 0.5) is 4.39 Å². The van der Waals surface area contributed by atoms with Crippen molar-refractivity contribution in [3.8, 4) is 0 Å². The summed E-state index contributed by atoms with van der Waals surface area (Å²) in [7, 11) is -1.41. The van der Waals surface area contributed by atoms with Gasteiger partial charge in [-0.2, -0.15) is 0 Å². The van der Waals surface area contributed by atoms with Crippen molar-refractivity contribution in [2.24, 2.45) is 0 Å². The summed E-state index contributed by atoms with van der Waals surface area (Å²) in [5.41, 5.74) is 0.715. The molecule has 1 saturated heterocycles. The number of benzene rings is 1.